The van der Waals surface area contributed by atoms with Gasteiger partial charge in [0.25, 0.3) is 0 Å². The molecule has 37 heavy (non-hydrogen) atoms. The number of alkyl halides is 1. The molecule has 0 bridgehead atoms. The molecule has 0 unspecified atom stereocenters. The maximum Gasteiger partial charge on any atom is 0.246 e. The number of rotatable bonds is 10. The van der Waals surface area contributed by atoms with Crippen LogP contribution in [0.1, 0.15) is 38.2 Å². The lowest BCUT2D eigenvalue weighted by molar-refractivity contribution is -0.139. The molecule has 2 atom stereocenters. The zero-order valence-electron chi connectivity index (χ0n) is 21.4. The van der Waals surface area contributed by atoms with Crippen molar-refractivity contribution < 1.29 is 9.18 Å². The lowest BCUT2D eigenvalue weighted by Crippen LogP contribution is -2.47. The van der Waals surface area contributed by atoms with Gasteiger partial charge in [0, 0.05) is 24.8 Å². The van der Waals surface area contributed by atoms with E-state index in [4.69, 9.17) is 10.7 Å². The number of carbonyl (C=O) groups excluding carboxylic acids is 1. The first kappa shape index (κ1) is 26.2. The highest BCUT2D eigenvalue weighted by Crippen LogP contribution is 2.39. The zero-order chi connectivity index (χ0) is 26.4. The highest BCUT2D eigenvalue weighted by molar-refractivity contribution is 5.76. The van der Waals surface area contributed by atoms with Gasteiger partial charge in [-0.1, -0.05) is 81.4 Å². The molecular weight excluding hydrogens is 471 g/mol. The van der Waals surface area contributed by atoms with Gasteiger partial charge in [0.05, 0.1) is 18.3 Å². The monoisotopic (exact) mass is 504 g/mol. The molecule has 4 aromatic rings. The van der Waals surface area contributed by atoms with Crippen molar-refractivity contribution in [1.29, 1.82) is 0 Å². The van der Waals surface area contributed by atoms with Crippen molar-refractivity contribution in [1.82, 2.24) is 34.7 Å². The molecule has 0 aliphatic heterocycles. The number of halogens is 1. The Morgan fingerprint density at radius 2 is 1.76 bits per heavy atom. The van der Waals surface area contributed by atoms with E-state index < -0.39 is 17.6 Å². The fourth-order valence-corrected chi connectivity index (χ4v) is 4.41. The second kappa shape index (κ2) is 11.4. The molecule has 0 aliphatic carbocycles. The van der Waals surface area contributed by atoms with Crippen molar-refractivity contribution in [3.05, 3.63) is 84.6 Å². The molecule has 2 heterocycles. The van der Waals surface area contributed by atoms with Crippen molar-refractivity contribution >= 4 is 5.91 Å². The lowest BCUT2D eigenvalue weighted by Gasteiger charge is -2.40. The Hall–Kier alpha value is -3.92. The quantitative estimate of drug-likeness (QED) is 0.354. The average Bonchev–Trinajstić information content (AvgIpc) is 3.54. The summed E-state index contributed by atoms with van der Waals surface area (Å²) in [5.74, 6) is 0.323. The lowest BCUT2D eigenvalue weighted by atomic mass is 9.84. The van der Waals surface area contributed by atoms with Crippen LogP contribution in [0.4, 0.5) is 4.39 Å². The Morgan fingerprint density at radius 1 is 1.08 bits per heavy atom. The van der Waals surface area contributed by atoms with E-state index in [0.717, 1.165) is 16.8 Å². The Labute approximate surface area is 216 Å². The van der Waals surface area contributed by atoms with Crippen LogP contribution in [-0.2, 0) is 17.9 Å². The number of nitrogens with zero attached hydrogens (tertiary/aromatic N) is 7. The van der Waals surface area contributed by atoms with Crippen LogP contribution < -0.4 is 5.73 Å². The van der Waals surface area contributed by atoms with Gasteiger partial charge >= 0.3 is 0 Å². The van der Waals surface area contributed by atoms with Crippen molar-refractivity contribution in [3.8, 4) is 11.3 Å². The van der Waals surface area contributed by atoms with Gasteiger partial charge in [0.2, 0.25) is 5.91 Å². The summed E-state index contributed by atoms with van der Waals surface area (Å²) >= 11 is 0. The summed E-state index contributed by atoms with van der Waals surface area (Å²) in [5.41, 5.74) is 7.97. The molecule has 0 saturated carbocycles. The number of amides is 1. The van der Waals surface area contributed by atoms with Crippen molar-refractivity contribution in [2.24, 2.45) is 11.1 Å². The third kappa shape index (κ3) is 6.45. The first-order chi connectivity index (χ1) is 17.8. The maximum absolute atomic E-state index is 14.8. The fraction of sp³-hybridized carbons (Fsp3) is 0.370. The standard InChI is InChI=1S/C27H33FN8O/c1-27(2,3)25(35(16-22(28)14-29)24(37)18-36-31-19-30-33-36)26-32-23(21-12-8-5-9-13-21)17-34(26)15-20-10-6-4-7-11-20/h4-13,17,19,22,25H,14-16,18,29H2,1-3H3/t22-,25+/m1/s1. The number of aromatic nitrogens is 6. The van der Waals surface area contributed by atoms with Crippen LogP contribution >= 0.6 is 0 Å². The molecule has 2 aromatic heterocycles. The largest absolute Gasteiger partial charge is 0.328 e. The number of carbonyl (C=O) groups is 1. The molecule has 0 saturated heterocycles. The molecule has 0 spiro atoms. The third-order valence-electron chi connectivity index (χ3n) is 6.09. The molecule has 0 fully saturated rings. The molecule has 0 aliphatic rings. The van der Waals surface area contributed by atoms with E-state index in [9.17, 15) is 9.18 Å². The van der Waals surface area contributed by atoms with E-state index in [-0.39, 0.29) is 25.5 Å². The summed E-state index contributed by atoms with van der Waals surface area (Å²) in [6.45, 7) is 6.06. The average molecular weight is 505 g/mol. The second-order valence-electron chi connectivity index (χ2n) is 10.1. The predicted molar refractivity (Wildman–Crippen MR) is 139 cm³/mol. The predicted octanol–water partition coefficient (Wildman–Crippen LogP) is 3.50. The highest BCUT2D eigenvalue weighted by Gasteiger charge is 2.39. The number of imidazole rings is 1. The van der Waals surface area contributed by atoms with Gasteiger partial charge < -0.3 is 15.2 Å². The molecule has 9 nitrogen and oxygen atoms in total. The van der Waals surface area contributed by atoms with E-state index in [1.54, 1.807) is 0 Å². The molecule has 4 rings (SSSR count). The van der Waals surface area contributed by atoms with Crippen LogP contribution in [0.25, 0.3) is 11.3 Å². The summed E-state index contributed by atoms with van der Waals surface area (Å²) in [6.07, 6.45) is 1.85. The van der Waals surface area contributed by atoms with Gasteiger partial charge in [-0.2, -0.15) is 4.80 Å². The van der Waals surface area contributed by atoms with E-state index in [1.165, 1.54) is 16.0 Å². The normalized spacial score (nSPS) is 13.3. The van der Waals surface area contributed by atoms with Gasteiger partial charge in [-0.25, -0.2) is 9.37 Å². The summed E-state index contributed by atoms with van der Waals surface area (Å²) < 4.78 is 16.9. The Bertz CT molecular complexity index is 1270. The van der Waals surface area contributed by atoms with Crippen molar-refractivity contribution in [2.75, 3.05) is 13.1 Å². The van der Waals surface area contributed by atoms with Crippen LogP contribution in [-0.4, -0.2) is 59.8 Å². The number of benzene rings is 2. The van der Waals surface area contributed by atoms with E-state index in [1.807, 2.05) is 87.6 Å². The van der Waals surface area contributed by atoms with Crippen molar-refractivity contribution in [2.45, 2.75) is 46.1 Å². The first-order valence-corrected chi connectivity index (χ1v) is 12.3. The minimum Gasteiger partial charge on any atom is -0.328 e. The van der Waals surface area contributed by atoms with Gasteiger partial charge in [-0.15, -0.1) is 10.2 Å². The van der Waals surface area contributed by atoms with Crippen LogP contribution in [0.15, 0.2) is 73.2 Å². The highest BCUT2D eigenvalue weighted by atomic mass is 19.1. The van der Waals surface area contributed by atoms with Gasteiger partial charge in [-0.3, -0.25) is 4.79 Å². The van der Waals surface area contributed by atoms with Crippen LogP contribution in [0.5, 0.6) is 0 Å². The molecule has 2 aromatic carbocycles. The summed E-state index contributed by atoms with van der Waals surface area (Å²) in [6, 6.07) is 19.3. The fourth-order valence-electron chi connectivity index (χ4n) is 4.41. The van der Waals surface area contributed by atoms with Crippen LogP contribution in [0, 0.1) is 5.41 Å². The topological polar surface area (TPSA) is 108 Å². The third-order valence-corrected chi connectivity index (χ3v) is 6.09. The molecule has 0 radical (unpaired) electrons. The van der Waals surface area contributed by atoms with E-state index in [0.29, 0.717) is 12.4 Å². The Morgan fingerprint density at radius 3 is 2.35 bits per heavy atom. The van der Waals surface area contributed by atoms with Gasteiger partial charge in [0.15, 0.2) is 6.33 Å². The Kier molecular flexibility index (Phi) is 8.08. The number of hydrogen-bond acceptors (Lipinski definition) is 6. The summed E-state index contributed by atoms with van der Waals surface area (Å²) in [7, 11) is 0. The van der Waals surface area contributed by atoms with Gasteiger partial charge in [0.1, 0.15) is 18.5 Å². The summed E-state index contributed by atoms with van der Waals surface area (Å²) in [4.78, 5) is 21.4. The first-order valence-electron chi connectivity index (χ1n) is 12.3. The van der Waals surface area contributed by atoms with Crippen molar-refractivity contribution in [3.63, 3.8) is 0 Å². The number of tetrazole rings is 1. The van der Waals surface area contributed by atoms with Gasteiger partial charge in [-0.05, 0) is 16.2 Å². The number of nitrogens with two attached hydrogens (primary N) is 1. The zero-order valence-corrected chi connectivity index (χ0v) is 21.4. The minimum atomic E-state index is -1.40. The van der Waals surface area contributed by atoms with Crippen LogP contribution in [0.3, 0.4) is 0 Å². The van der Waals surface area contributed by atoms with Crippen LogP contribution in [0.2, 0.25) is 0 Å². The van der Waals surface area contributed by atoms with E-state index >= 15 is 0 Å². The minimum absolute atomic E-state index is 0.172. The maximum atomic E-state index is 14.8. The summed E-state index contributed by atoms with van der Waals surface area (Å²) in [5, 5.41) is 11.5. The number of hydrogen-bond donors (Lipinski definition) is 1. The molecule has 2 N–H and O–H groups in total. The molecule has 10 heteroatoms. The Balaban J connectivity index is 1.83. The molecule has 1 amide bonds. The molecule has 194 valence electrons. The SMILES string of the molecule is CC(C)(C)[C@H](c1nc(-c2ccccc2)cn1Cc1ccccc1)N(C[C@H](F)CN)C(=O)Cn1ncnn1. The second-order valence-corrected chi connectivity index (χ2v) is 10.1. The molecular formula is C27H33FN8O. The smallest absolute Gasteiger partial charge is 0.246 e. The van der Waals surface area contributed by atoms with E-state index in [2.05, 4.69) is 20.0 Å².